The quantitative estimate of drug-likeness (QED) is 0.404. The molecule has 0 spiro atoms. The van der Waals surface area contributed by atoms with Crippen LogP contribution < -0.4 is 0 Å². The van der Waals surface area contributed by atoms with Gasteiger partial charge in [0, 0.05) is 58.8 Å². The first-order chi connectivity index (χ1) is 12.3. The molecule has 0 fully saturated rings. The Balaban J connectivity index is 0.000000192. The third-order valence-electron chi connectivity index (χ3n) is 3.74. The summed E-state index contributed by atoms with van der Waals surface area (Å²) in [7, 11) is 0. The zero-order valence-corrected chi connectivity index (χ0v) is 15.9. The zero-order valence-electron chi connectivity index (χ0n) is 13.5. The maximum Gasteiger partial charge on any atom is 0.0484 e. The molecular weight excluding hydrogens is 398 g/mol. The highest BCUT2D eigenvalue weighted by Crippen LogP contribution is 2.21. The second kappa shape index (κ2) is 8.79. The minimum absolute atomic E-state index is 0.572. The van der Waals surface area contributed by atoms with Crippen LogP contribution in [0.4, 0.5) is 0 Å². The van der Waals surface area contributed by atoms with Crippen LogP contribution in [0.15, 0.2) is 84.0 Å². The monoisotopic (exact) mass is 413 g/mol. The Morgan fingerprint density at radius 2 is 1.48 bits per heavy atom. The second-order valence-corrected chi connectivity index (χ2v) is 6.67. The third-order valence-corrected chi connectivity index (χ3v) is 4.54. The fourth-order valence-electron chi connectivity index (χ4n) is 2.47. The third kappa shape index (κ3) is 4.91. The van der Waals surface area contributed by atoms with Gasteiger partial charge in [0.05, 0.1) is 0 Å². The van der Waals surface area contributed by atoms with Crippen molar-refractivity contribution in [3.8, 4) is 0 Å². The molecule has 1 aromatic carbocycles. The van der Waals surface area contributed by atoms with Gasteiger partial charge >= 0.3 is 0 Å². The molecule has 0 bridgehead atoms. The van der Waals surface area contributed by atoms with Crippen molar-refractivity contribution >= 4 is 38.4 Å². The van der Waals surface area contributed by atoms with Crippen LogP contribution in [-0.2, 0) is 12.4 Å². The number of hydrogen-bond acceptors (Lipinski definition) is 2. The Hall–Kier alpha value is -2.17. The Labute approximate surface area is 160 Å². The van der Waals surface area contributed by atoms with Gasteiger partial charge in [0.1, 0.15) is 0 Å². The van der Waals surface area contributed by atoms with E-state index in [4.69, 9.17) is 11.6 Å². The maximum absolute atomic E-state index is 5.50. The first kappa shape index (κ1) is 17.6. The molecule has 0 unspecified atom stereocenters. The van der Waals surface area contributed by atoms with Gasteiger partial charge < -0.3 is 4.57 Å². The summed E-state index contributed by atoms with van der Waals surface area (Å²) in [5, 5.41) is 1.26. The number of rotatable bonds is 3. The number of aromatic nitrogens is 3. The summed E-state index contributed by atoms with van der Waals surface area (Å²) >= 11 is 8.99. The van der Waals surface area contributed by atoms with Crippen LogP contribution in [0.25, 0.3) is 10.9 Å². The average molecular weight is 415 g/mol. The zero-order chi connectivity index (χ0) is 17.5. The van der Waals surface area contributed by atoms with Gasteiger partial charge in [0.25, 0.3) is 0 Å². The predicted octanol–water partition coefficient (Wildman–Crippen LogP) is 5.67. The predicted molar refractivity (Wildman–Crippen MR) is 107 cm³/mol. The van der Waals surface area contributed by atoms with E-state index < -0.39 is 0 Å². The Morgan fingerprint density at radius 1 is 0.840 bits per heavy atom. The molecule has 3 nitrogen and oxygen atoms in total. The van der Waals surface area contributed by atoms with Crippen LogP contribution in [0.1, 0.15) is 11.1 Å². The Kier molecular flexibility index (Phi) is 6.20. The van der Waals surface area contributed by atoms with Crippen molar-refractivity contribution in [2.45, 2.75) is 12.4 Å². The van der Waals surface area contributed by atoms with Crippen molar-refractivity contribution in [3.63, 3.8) is 0 Å². The fraction of sp³-hybridized carbons (Fsp3) is 0.100. The number of alkyl halides is 1. The number of hydrogen-bond donors (Lipinski definition) is 0. The second-order valence-electron chi connectivity index (χ2n) is 5.49. The van der Waals surface area contributed by atoms with Crippen molar-refractivity contribution in [1.82, 2.24) is 14.5 Å². The summed E-state index contributed by atoms with van der Waals surface area (Å²) in [6, 6.07) is 16.4. The van der Waals surface area contributed by atoms with E-state index in [0.29, 0.717) is 5.88 Å². The highest BCUT2D eigenvalue weighted by molar-refractivity contribution is 9.10. The first-order valence-electron chi connectivity index (χ1n) is 7.84. The molecule has 25 heavy (non-hydrogen) atoms. The van der Waals surface area contributed by atoms with Crippen molar-refractivity contribution in [3.05, 3.63) is 95.1 Å². The van der Waals surface area contributed by atoms with Gasteiger partial charge in [-0.05, 0) is 59.7 Å². The van der Waals surface area contributed by atoms with E-state index in [1.54, 1.807) is 12.4 Å². The molecule has 4 aromatic rings. The van der Waals surface area contributed by atoms with Gasteiger partial charge in [0.15, 0.2) is 0 Å². The number of benzene rings is 1. The summed E-state index contributed by atoms with van der Waals surface area (Å²) in [6.45, 7) is 0.883. The number of fused-ring (bicyclic) bond motifs is 1. The van der Waals surface area contributed by atoms with E-state index in [1.165, 1.54) is 16.5 Å². The minimum atomic E-state index is 0.572. The minimum Gasteiger partial charge on any atom is -0.343 e. The molecule has 0 N–H and O–H groups in total. The maximum atomic E-state index is 5.50. The van der Waals surface area contributed by atoms with Crippen molar-refractivity contribution in [2.75, 3.05) is 0 Å². The van der Waals surface area contributed by atoms with Crippen LogP contribution in [0.2, 0.25) is 0 Å². The smallest absolute Gasteiger partial charge is 0.0484 e. The summed E-state index contributed by atoms with van der Waals surface area (Å²) in [6.07, 6.45) is 9.25. The van der Waals surface area contributed by atoms with Gasteiger partial charge in [-0.3, -0.25) is 9.97 Å². The summed E-state index contributed by atoms with van der Waals surface area (Å²) in [5.41, 5.74) is 3.63. The molecule has 0 aliphatic carbocycles. The Bertz CT molecular complexity index is 924. The normalized spacial score (nSPS) is 10.3. The lowest BCUT2D eigenvalue weighted by atomic mass is 10.2. The molecule has 126 valence electrons. The summed E-state index contributed by atoms with van der Waals surface area (Å²) in [4.78, 5) is 7.87. The van der Waals surface area contributed by atoms with Crippen molar-refractivity contribution in [1.29, 1.82) is 0 Å². The number of nitrogens with zero attached hydrogens (tertiary/aromatic N) is 3. The van der Waals surface area contributed by atoms with Crippen LogP contribution in [0.3, 0.4) is 0 Å². The van der Waals surface area contributed by atoms with E-state index in [1.807, 2.05) is 36.7 Å². The standard InChI is InChI=1S/C14H11BrN2.C6H6ClN/c15-13-1-2-14-12(9-13)5-8-17(14)10-11-3-6-16-7-4-11;7-5-6-1-3-8-4-2-6/h1-9H,10H2;1-4H,5H2. The lowest BCUT2D eigenvalue weighted by Crippen LogP contribution is -1.97. The highest BCUT2D eigenvalue weighted by Gasteiger charge is 2.02. The van der Waals surface area contributed by atoms with Crippen LogP contribution in [-0.4, -0.2) is 14.5 Å². The molecule has 3 aromatic heterocycles. The summed E-state index contributed by atoms with van der Waals surface area (Å²) in [5.74, 6) is 0.572. The molecule has 4 rings (SSSR count). The molecule has 0 radical (unpaired) electrons. The van der Waals surface area contributed by atoms with Gasteiger partial charge in [-0.15, -0.1) is 11.6 Å². The SMILES string of the molecule is Brc1ccc2c(ccn2Cc2ccncc2)c1.ClCc1ccncc1. The highest BCUT2D eigenvalue weighted by atomic mass is 79.9. The number of pyridine rings is 2. The fourth-order valence-corrected chi connectivity index (χ4v) is 3.02. The van der Waals surface area contributed by atoms with Gasteiger partial charge in [0.2, 0.25) is 0 Å². The van der Waals surface area contributed by atoms with Gasteiger partial charge in [-0.2, -0.15) is 0 Å². The molecule has 0 amide bonds. The molecule has 3 heterocycles. The van der Waals surface area contributed by atoms with E-state index in [0.717, 1.165) is 16.6 Å². The van der Waals surface area contributed by atoms with Crippen LogP contribution in [0.5, 0.6) is 0 Å². The molecule has 0 aliphatic rings. The molecule has 0 atom stereocenters. The van der Waals surface area contributed by atoms with Crippen molar-refractivity contribution < 1.29 is 0 Å². The van der Waals surface area contributed by atoms with Crippen LogP contribution in [0, 0.1) is 0 Å². The van der Waals surface area contributed by atoms with Crippen LogP contribution >= 0.6 is 27.5 Å². The lowest BCUT2D eigenvalue weighted by Gasteiger charge is -2.05. The molecule has 0 saturated heterocycles. The van der Waals surface area contributed by atoms with E-state index >= 15 is 0 Å². The van der Waals surface area contributed by atoms with E-state index in [2.05, 4.69) is 60.9 Å². The first-order valence-corrected chi connectivity index (χ1v) is 9.17. The average Bonchev–Trinajstić information content (AvgIpc) is 3.05. The number of halogens is 2. The Morgan fingerprint density at radius 3 is 2.08 bits per heavy atom. The van der Waals surface area contributed by atoms with Gasteiger partial charge in [-0.1, -0.05) is 15.9 Å². The van der Waals surface area contributed by atoms with Gasteiger partial charge in [-0.25, -0.2) is 0 Å². The summed E-state index contributed by atoms with van der Waals surface area (Å²) < 4.78 is 3.36. The van der Waals surface area contributed by atoms with Crippen molar-refractivity contribution in [2.24, 2.45) is 0 Å². The largest absolute Gasteiger partial charge is 0.343 e. The topological polar surface area (TPSA) is 30.7 Å². The molecular formula is C20H17BrClN3. The van der Waals surface area contributed by atoms with E-state index in [9.17, 15) is 0 Å². The lowest BCUT2D eigenvalue weighted by molar-refractivity contribution is 0.834. The molecule has 0 aliphatic heterocycles. The van der Waals surface area contributed by atoms with E-state index in [-0.39, 0.29) is 0 Å². The molecule has 0 saturated carbocycles. The molecule has 5 heteroatoms.